The van der Waals surface area contributed by atoms with Gasteiger partial charge in [-0.05, 0) is 35.8 Å². The van der Waals surface area contributed by atoms with Crippen LogP contribution in [-0.2, 0) is 0 Å². The highest BCUT2D eigenvalue weighted by atomic mass is 33.1. The van der Waals surface area contributed by atoms with Gasteiger partial charge in [0.2, 0.25) is 0 Å². The minimum absolute atomic E-state index is 0.318. The highest BCUT2D eigenvalue weighted by molar-refractivity contribution is 8.76. The standard InChI is InChI=1S/C10H15NOS2.C2H6/c12-8-4-1-5-9-13-14-10-6-2-3-7-11-10;1-2/h2-3,6-7,12H,1,4-5,8-9H2;1-2H3. The van der Waals surface area contributed by atoms with Crippen molar-refractivity contribution < 1.29 is 5.11 Å². The zero-order valence-electron chi connectivity index (χ0n) is 10.1. The summed E-state index contributed by atoms with van der Waals surface area (Å²) < 4.78 is 0. The Hall–Kier alpha value is -0.190. The first kappa shape index (κ1) is 15.8. The summed E-state index contributed by atoms with van der Waals surface area (Å²) in [5.74, 6) is 1.13. The summed E-state index contributed by atoms with van der Waals surface area (Å²) in [5, 5.41) is 9.65. The molecule has 4 heteroatoms. The number of hydrogen-bond donors (Lipinski definition) is 1. The molecular formula is C12H21NOS2. The number of aliphatic hydroxyl groups excluding tert-OH is 1. The highest BCUT2D eigenvalue weighted by Gasteiger charge is 1.94. The molecule has 92 valence electrons. The summed E-state index contributed by atoms with van der Waals surface area (Å²) in [6.07, 6.45) is 5.03. The third-order valence-corrected chi connectivity index (χ3v) is 4.02. The molecule has 0 atom stereocenters. The van der Waals surface area contributed by atoms with E-state index in [0.717, 1.165) is 23.6 Å². The molecule has 0 saturated heterocycles. The molecule has 1 rings (SSSR count). The van der Waals surface area contributed by atoms with E-state index in [0.29, 0.717) is 6.61 Å². The van der Waals surface area contributed by atoms with Crippen molar-refractivity contribution in [3.8, 4) is 0 Å². The van der Waals surface area contributed by atoms with E-state index in [2.05, 4.69) is 4.98 Å². The van der Waals surface area contributed by atoms with Gasteiger partial charge >= 0.3 is 0 Å². The molecule has 0 aliphatic rings. The maximum absolute atomic E-state index is 8.58. The van der Waals surface area contributed by atoms with Crippen LogP contribution in [0, 0.1) is 0 Å². The van der Waals surface area contributed by atoms with E-state index in [1.807, 2.05) is 49.0 Å². The number of pyridine rings is 1. The van der Waals surface area contributed by atoms with Gasteiger partial charge in [0.1, 0.15) is 5.03 Å². The van der Waals surface area contributed by atoms with E-state index >= 15 is 0 Å². The lowest BCUT2D eigenvalue weighted by molar-refractivity contribution is 0.284. The van der Waals surface area contributed by atoms with E-state index in [1.165, 1.54) is 6.42 Å². The van der Waals surface area contributed by atoms with E-state index in [-0.39, 0.29) is 0 Å². The zero-order chi connectivity index (χ0) is 12.1. The first-order valence-electron chi connectivity index (χ1n) is 5.75. The van der Waals surface area contributed by atoms with Crippen LogP contribution in [0.4, 0.5) is 0 Å². The summed E-state index contributed by atoms with van der Waals surface area (Å²) in [6.45, 7) is 4.32. The SMILES string of the molecule is CC.OCCCCCSSc1ccccn1. The first-order chi connectivity index (χ1) is 7.93. The maximum atomic E-state index is 8.58. The minimum atomic E-state index is 0.318. The van der Waals surface area contributed by atoms with Crippen molar-refractivity contribution in [3.05, 3.63) is 24.4 Å². The second-order valence-corrected chi connectivity index (χ2v) is 5.29. The fourth-order valence-electron chi connectivity index (χ4n) is 0.948. The Kier molecular flexibility index (Phi) is 12.7. The van der Waals surface area contributed by atoms with Gasteiger partial charge in [0.15, 0.2) is 0 Å². The van der Waals surface area contributed by atoms with E-state index < -0.39 is 0 Å². The molecule has 16 heavy (non-hydrogen) atoms. The first-order valence-corrected chi connectivity index (χ1v) is 8.07. The van der Waals surface area contributed by atoms with Crippen LogP contribution in [0.5, 0.6) is 0 Å². The predicted octanol–water partition coefficient (Wildman–Crippen LogP) is 4.01. The third-order valence-electron chi connectivity index (χ3n) is 1.67. The van der Waals surface area contributed by atoms with Crippen molar-refractivity contribution in [2.75, 3.05) is 12.4 Å². The van der Waals surface area contributed by atoms with Gasteiger partial charge in [-0.2, -0.15) is 0 Å². The van der Waals surface area contributed by atoms with Crippen molar-refractivity contribution in [1.82, 2.24) is 4.98 Å². The van der Waals surface area contributed by atoms with Gasteiger partial charge in [0.05, 0.1) is 0 Å². The van der Waals surface area contributed by atoms with E-state index in [9.17, 15) is 0 Å². The van der Waals surface area contributed by atoms with Gasteiger partial charge in [0.25, 0.3) is 0 Å². The van der Waals surface area contributed by atoms with Crippen LogP contribution in [0.3, 0.4) is 0 Å². The van der Waals surface area contributed by atoms with Crippen molar-refractivity contribution in [3.63, 3.8) is 0 Å². The fourth-order valence-corrected chi connectivity index (χ4v) is 2.97. The van der Waals surface area contributed by atoms with Gasteiger partial charge < -0.3 is 5.11 Å². The van der Waals surface area contributed by atoms with Gasteiger partial charge in [0, 0.05) is 18.6 Å². The average Bonchev–Trinajstić information content (AvgIpc) is 2.37. The molecule has 0 aromatic carbocycles. The summed E-state index contributed by atoms with van der Waals surface area (Å²) in [6, 6.07) is 5.95. The van der Waals surface area contributed by atoms with E-state index in [1.54, 1.807) is 10.8 Å². The van der Waals surface area contributed by atoms with Crippen LogP contribution in [0.2, 0.25) is 0 Å². The lowest BCUT2D eigenvalue weighted by Crippen LogP contribution is -1.84. The van der Waals surface area contributed by atoms with Gasteiger partial charge in [-0.1, -0.05) is 37.1 Å². The van der Waals surface area contributed by atoms with Crippen LogP contribution in [0.1, 0.15) is 33.1 Å². The molecule has 1 heterocycles. The predicted molar refractivity (Wildman–Crippen MR) is 74.8 cm³/mol. The van der Waals surface area contributed by atoms with Crippen molar-refractivity contribution in [2.45, 2.75) is 38.1 Å². The molecule has 0 radical (unpaired) electrons. The van der Waals surface area contributed by atoms with Crippen LogP contribution in [-0.4, -0.2) is 22.5 Å². The van der Waals surface area contributed by atoms with Gasteiger partial charge in [-0.25, -0.2) is 4.98 Å². The number of aromatic nitrogens is 1. The smallest absolute Gasteiger partial charge is 0.106 e. The molecule has 0 bridgehead atoms. The molecule has 1 aromatic heterocycles. The lowest BCUT2D eigenvalue weighted by Gasteiger charge is -1.99. The van der Waals surface area contributed by atoms with Crippen molar-refractivity contribution in [1.29, 1.82) is 0 Å². The molecule has 1 N–H and O–H groups in total. The Morgan fingerprint density at radius 1 is 1.19 bits per heavy atom. The third kappa shape index (κ3) is 9.07. The number of aliphatic hydroxyl groups is 1. The zero-order valence-corrected chi connectivity index (χ0v) is 11.7. The van der Waals surface area contributed by atoms with Gasteiger partial charge in [-0.3, -0.25) is 0 Å². The number of unbranched alkanes of at least 4 members (excludes halogenated alkanes) is 2. The van der Waals surface area contributed by atoms with Crippen LogP contribution >= 0.6 is 21.6 Å². The Morgan fingerprint density at radius 2 is 2.00 bits per heavy atom. The molecule has 0 amide bonds. The molecule has 2 nitrogen and oxygen atoms in total. The molecule has 0 unspecified atom stereocenters. The van der Waals surface area contributed by atoms with E-state index in [4.69, 9.17) is 5.11 Å². The summed E-state index contributed by atoms with van der Waals surface area (Å²) in [5.41, 5.74) is 0. The summed E-state index contributed by atoms with van der Waals surface area (Å²) in [4.78, 5) is 4.21. The Morgan fingerprint density at radius 3 is 2.62 bits per heavy atom. The molecule has 0 spiro atoms. The molecule has 0 saturated carbocycles. The minimum Gasteiger partial charge on any atom is -0.396 e. The Balaban J connectivity index is 0.00000106. The molecule has 0 aliphatic heterocycles. The highest BCUT2D eigenvalue weighted by Crippen LogP contribution is 2.29. The second-order valence-electron chi connectivity index (χ2n) is 2.86. The number of nitrogens with zero attached hydrogens (tertiary/aromatic N) is 1. The summed E-state index contributed by atoms with van der Waals surface area (Å²) >= 11 is 0. The Labute approximate surface area is 107 Å². The van der Waals surface area contributed by atoms with Crippen LogP contribution < -0.4 is 0 Å². The number of hydrogen-bond acceptors (Lipinski definition) is 4. The van der Waals surface area contributed by atoms with Gasteiger partial charge in [-0.15, -0.1) is 0 Å². The molecule has 0 fully saturated rings. The molecule has 0 aliphatic carbocycles. The largest absolute Gasteiger partial charge is 0.396 e. The maximum Gasteiger partial charge on any atom is 0.106 e. The normalized spacial score (nSPS) is 9.44. The number of rotatable bonds is 7. The Bertz CT molecular complexity index is 232. The summed E-state index contributed by atoms with van der Waals surface area (Å²) in [7, 11) is 3.55. The lowest BCUT2D eigenvalue weighted by atomic mass is 10.3. The fraction of sp³-hybridized carbons (Fsp3) is 0.583. The second kappa shape index (κ2) is 12.9. The monoisotopic (exact) mass is 259 g/mol. The molecular weight excluding hydrogens is 238 g/mol. The average molecular weight is 259 g/mol. The van der Waals surface area contributed by atoms with Crippen molar-refractivity contribution in [2.24, 2.45) is 0 Å². The topological polar surface area (TPSA) is 33.1 Å². The quantitative estimate of drug-likeness (QED) is 0.592. The molecule has 1 aromatic rings. The van der Waals surface area contributed by atoms with Crippen molar-refractivity contribution >= 4 is 21.6 Å². The van der Waals surface area contributed by atoms with Crippen LogP contribution in [0.15, 0.2) is 29.4 Å². The van der Waals surface area contributed by atoms with Crippen LogP contribution in [0.25, 0.3) is 0 Å².